The molecule has 1 saturated heterocycles. The Morgan fingerprint density at radius 1 is 1.03 bits per heavy atom. The van der Waals surface area contributed by atoms with Crippen LogP contribution in [0.25, 0.3) is 0 Å². The summed E-state index contributed by atoms with van der Waals surface area (Å²) in [6.07, 6.45) is 3.83. The van der Waals surface area contributed by atoms with Crippen molar-refractivity contribution in [3.05, 3.63) is 59.7 Å². The van der Waals surface area contributed by atoms with Gasteiger partial charge < -0.3 is 15.1 Å². The van der Waals surface area contributed by atoms with E-state index in [2.05, 4.69) is 10.2 Å². The van der Waals surface area contributed by atoms with E-state index < -0.39 is 0 Å². The van der Waals surface area contributed by atoms with E-state index in [4.69, 9.17) is 0 Å². The molecule has 2 aliphatic rings. The summed E-state index contributed by atoms with van der Waals surface area (Å²) in [5, 5.41) is 3.04. The first kappa shape index (κ1) is 20.0. The van der Waals surface area contributed by atoms with Gasteiger partial charge in [0, 0.05) is 23.5 Å². The first-order valence-electron chi connectivity index (χ1n) is 10.3. The molecule has 5 nitrogen and oxygen atoms in total. The number of fused-ring (bicyclic) bond motifs is 1. The monoisotopic (exact) mass is 409 g/mol. The largest absolute Gasteiger partial charge is 0.351 e. The molecule has 2 amide bonds. The molecule has 0 atom stereocenters. The van der Waals surface area contributed by atoms with Gasteiger partial charge in [0.2, 0.25) is 5.91 Å². The van der Waals surface area contributed by atoms with E-state index in [1.807, 2.05) is 53.4 Å². The number of carbonyl (C=O) groups is 2. The quantitative estimate of drug-likeness (QED) is 0.793. The second-order valence-electron chi connectivity index (χ2n) is 7.59. The van der Waals surface area contributed by atoms with Gasteiger partial charge in [-0.05, 0) is 55.8 Å². The second kappa shape index (κ2) is 9.46. The van der Waals surface area contributed by atoms with Gasteiger partial charge in [0.15, 0.2) is 0 Å². The van der Waals surface area contributed by atoms with Crippen LogP contribution in [0.2, 0.25) is 0 Å². The Morgan fingerprint density at radius 3 is 2.72 bits per heavy atom. The molecule has 2 heterocycles. The SMILES string of the molecule is O=C(NCCN1CCCCC1)c1cccc(CN2C(=O)CSc3ccccc32)c1. The number of piperidine rings is 1. The molecule has 4 rings (SSSR count). The third kappa shape index (κ3) is 5.00. The lowest BCUT2D eigenvalue weighted by Crippen LogP contribution is -2.37. The molecular formula is C23H27N3O2S. The van der Waals surface area contributed by atoms with E-state index in [-0.39, 0.29) is 11.8 Å². The normalized spacial score (nSPS) is 17.1. The van der Waals surface area contributed by atoms with Crippen LogP contribution in [0.15, 0.2) is 53.4 Å². The van der Waals surface area contributed by atoms with E-state index in [1.165, 1.54) is 19.3 Å². The molecule has 0 aromatic heterocycles. The number of carbonyl (C=O) groups excluding carboxylic acids is 2. The first-order chi connectivity index (χ1) is 14.2. The van der Waals surface area contributed by atoms with Gasteiger partial charge in [-0.2, -0.15) is 0 Å². The minimum absolute atomic E-state index is 0.0511. The maximum Gasteiger partial charge on any atom is 0.251 e. The summed E-state index contributed by atoms with van der Waals surface area (Å²) < 4.78 is 0. The average molecular weight is 410 g/mol. The first-order valence-corrected chi connectivity index (χ1v) is 11.3. The van der Waals surface area contributed by atoms with Gasteiger partial charge in [-0.1, -0.05) is 30.7 Å². The predicted molar refractivity (Wildman–Crippen MR) is 117 cm³/mol. The molecule has 1 fully saturated rings. The van der Waals surface area contributed by atoms with Crippen molar-refractivity contribution in [2.75, 3.05) is 36.8 Å². The molecule has 2 aromatic rings. The minimum Gasteiger partial charge on any atom is -0.351 e. The lowest BCUT2D eigenvalue weighted by atomic mass is 10.1. The third-order valence-corrected chi connectivity index (χ3v) is 6.55. The molecule has 0 unspecified atom stereocenters. The van der Waals surface area contributed by atoms with Crippen LogP contribution in [0, 0.1) is 0 Å². The smallest absolute Gasteiger partial charge is 0.251 e. The minimum atomic E-state index is -0.0511. The summed E-state index contributed by atoms with van der Waals surface area (Å²) in [5.74, 6) is 0.503. The van der Waals surface area contributed by atoms with Crippen molar-refractivity contribution in [1.82, 2.24) is 10.2 Å². The average Bonchev–Trinajstić information content (AvgIpc) is 2.77. The van der Waals surface area contributed by atoms with Gasteiger partial charge in [-0.15, -0.1) is 11.8 Å². The number of hydrogen-bond acceptors (Lipinski definition) is 4. The molecule has 2 aromatic carbocycles. The zero-order chi connectivity index (χ0) is 20.1. The van der Waals surface area contributed by atoms with Gasteiger partial charge in [-0.3, -0.25) is 9.59 Å². The van der Waals surface area contributed by atoms with Crippen LogP contribution in [-0.4, -0.2) is 48.6 Å². The fourth-order valence-electron chi connectivity index (χ4n) is 3.93. The molecule has 0 radical (unpaired) electrons. The van der Waals surface area contributed by atoms with Gasteiger partial charge >= 0.3 is 0 Å². The number of amides is 2. The molecule has 29 heavy (non-hydrogen) atoms. The van der Waals surface area contributed by atoms with Crippen molar-refractivity contribution in [2.45, 2.75) is 30.7 Å². The van der Waals surface area contributed by atoms with Crippen LogP contribution < -0.4 is 10.2 Å². The molecule has 0 spiro atoms. The zero-order valence-corrected chi connectivity index (χ0v) is 17.4. The molecule has 1 N–H and O–H groups in total. The maximum absolute atomic E-state index is 12.6. The van der Waals surface area contributed by atoms with Crippen LogP contribution >= 0.6 is 11.8 Å². The standard InChI is InChI=1S/C23H27N3O2S/c27-22-17-29-21-10-3-2-9-20(21)26(22)16-18-7-6-8-19(15-18)23(28)24-11-14-25-12-4-1-5-13-25/h2-3,6-10,15H,1,4-5,11-14,16-17H2,(H,24,28). The summed E-state index contributed by atoms with van der Waals surface area (Å²) in [4.78, 5) is 30.4. The summed E-state index contributed by atoms with van der Waals surface area (Å²) in [7, 11) is 0. The lowest BCUT2D eigenvalue weighted by molar-refractivity contribution is -0.116. The number of rotatable bonds is 6. The Morgan fingerprint density at radius 2 is 1.86 bits per heavy atom. The van der Waals surface area contributed by atoms with E-state index in [0.717, 1.165) is 35.8 Å². The fraction of sp³-hybridized carbons (Fsp3) is 0.391. The Labute approximate surface area is 176 Å². The maximum atomic E-state index is 12.6. The summed E-state index contributed by atoms with van der Waals surface area (Å²) >= 11 is 1.58. The van der Waals surface area contributed by atoms with Crippen molar-refractivity contribution in [2.24, 2.45) is 0 Å². The van der Waals surface area contributed by atoms with Crippen LogP contribution in [-0.2, 0) is 11.3 Å². The Bertz CT molecular complexity index is 880. The number of likely N-dealkylation sites (tertiary alicyclic amines) is 1. The number of benzene rings is 2. The summed E-state index contributed by atoms with van der Waals surface area (Å²) in [5.41, 5.74) is 2.56. The van der Waals surface area contributed by atoms with Gasteiger partial charge in [0.05, 0.1) is 18.0 Å². The molecule has 0 aliphatic carbocycles. The van der Waals surface area contributed by atoms with E-state index in [1.54, 1.807) is 11.8 Å². The number of hydrogen-bond donors (Lipinski definition) is 1. The number of thioether (sulfide) groups is 1. The molecule has 152 valence electrons. The number of anilines is 1. The van der Waals surface area contributed by atoms with Crippen molar-refractivity contribution < 1.29 is 9.59 Å². The van der Waals surface area contributed by atoms with E-state index >= 15 is 0 Å². The Kier molecular flexibility index (Phi) is 6.52. The van der Waals surface area contributed by atoms with Gasteiger partial charge in [0.25, 0.3) is 5.91 Å². The number of nitrogens with one attached hydrogen (secondary N) is 1. The molecule has 0 saturated carbocycles. The van der Waals surface area contributed by atoms with Crippen LogP contribution in [0.5, 0.6) is 0 Å². The van der Waals surface area contributed by atoms with Crippen LogP contribution in [0.1, 0.15) is 35.2 Å². The number of nitrogens with zero attached hydrogens (tertiary/aromatic N) is 2. The topological polar surface area (TPSA) is 52.7 Å². The highest BCUT2D eigenvalue weighted by atomic mass is 32.2. The Hall–Kier alpha value is -2.31. The van der Waals surface area contributed by atoms with Crippen molar-refractivity contribution in [3.63, 3.8) is 0 Å². The summed E-state index contributed by atoms with van der Waals surface area (Å²) in [6.45, 7) is 4.32. The zero-order valence-electron chi connectivity index (χ0n) is 16.6. The molecule has 0 bridgehead atoms. The van der Waals surface area contributed by atoms with Gasteiger partial charge in [-0.25, -0.2) is 0 Å². The van der Waals surface area contributed by atoms with Crippen LogP contribution in [0.3, 0.4) is 0 Å². The highest BCUT2D eigenvalue weighted by molar-refractivity contribution is 8.00. The lowest BCUT2D eigenvalue weighted by Gasteiger charge is -2.29. The predicted octanol–water partition coefficient (Wildman–Crippen LogP) is 3.54. The Balaban J connectivity index is 1.38. The molecular weight excluding hydrogens is 382 g/mol. The highest BCUT2D eigenvalue weighted by Crippen LogP contribution is 2.35. The number of para-hydroxylation sites is 1. The van der Waals surface area contributed by atoms with Gasteiger partial charge in [0.1, 0.15) is 0 Å². The highest BCUT2D eigenvalue weighted by Gasteiger charge is 2.24. The molecule has 6 heteroatoms. The molecule has 2 aliphatic heterocycles. The van der Waals surface area contributed by atoms with Crippen molar-refractivity contribution in [1.29, 1.82) is 0 Å². The van der Waals surface area contributed by atoms with Crippen LogP contribution in [0.4, 0.5) is 5.69 Å². The van der Waals surface area contributed by atoms with E-state index in [9.17, 15) is 9.59 Å². The third-order valence-electron chi connectivity index (χ3n) is 5.50. The fourth-order valence-corrected chi connectivity index (χ4v) is 4.87. The van der Waals surface area contributed by atoms with E-state index in [0.29, 0.717) is 24.4 Å². The van der Waals surface area contributed by atoms with Crippen molar-refractivity contribution >= 4 is 29.3 Å². The summed E-state index contributed by atoms with van der Waals surface area (Å²) in [6, 6.07) is 15.6. The van der Waals surface area contributed by atoms with Crippen molar-refractivity contribution in [3.8, 4) is 0 Å². The second-order valence-corrected chi connectivity index (χ2v) is 8.61.